The average Bonchev–Trinajstić information content (AvgIpc) is 3.16. The smallest absolute Gasteiger partial charge is 0.250 e. The summed E-state index contributed by atoms with van der Waals surface area (Å²) in [4.78, 5) is 16.3. The van der Waals surface area contributed by atoms with Gasteiger partial charge in [0, 0.05) is 38.4 Å². The van der Waals surface area contributed by atoms with E-state index in [9.17, 15) is 4.79 Å². The largest absolute Gasteiger partial charge is 0.357 e. The molecule has 1 heterocycles. The lowest BCUT2D eigenvalue weighted by atomic mass is 10.0. The minimum Gasteiger partial charge on any atom is -0.357 e. The van der Waals surface area contributed by atoms with Crippen molar-refractivity contribution < 1.29 is 0 Å². The number of halogens is 1. The summed E-state index contributed by atoms with van der Waals surface area (Å²) >= 11 is 0. The fourth-order valence-electron chi connectivity index (χ4n) is 3.64. The third-order valence-electron chi connectivity index (χ3n) is 5.13. The lowest BCUT2D eigenvalue weighted by molar-refractivity contribution is 0.475. The van der Waals surface area contributed by atoms with Gasteiger partial charge in [-0.25, -0.2) is 0 Å². The molecule has 0 amide bonds. The SMILES string of the molecule is CCNC(=NCCCCC1CCCC1)NCCCCn1ccccc1=O.I. The van der Waals surface area contributed by atoms with Crippen LogP contribution in [0.2, 0.25) is 0 Å². The Hall–Kier alpha value is -1.05. The molecule has 0 saturated heterocycles. The summed E-state index contributed by atoms with van der Waals surface area (Å²) in [6.45, 7) is 5.54. The van der Waals surface area contributed by atoms with Crippen LogP contribution in [0.1, 0.15) is 64.7 Å². The van der Waals surface area contributed by atoms with E-state index in [0.717, 1.165) is 50.9 Å². The van der Waals surface area contributed by atoms with Gasteiger partial charge in [-0.1, -0.05) is 44.6 Å². The summed E-state index contributed by atoms with van der Waals surface area (Å²) in [5, 5.41) is 6.72. The van der Waals surface area contributed by atoms with Gasteiger partial charge in [-0.3, -0.25) is 9.79 Å². The average molecular weight is 488 g/mol. The lowest BCUT2D eigenvalue weighted by Gasteiger charge is -2.12. The van der Waals surface area contributed by atoms with Crippen LogP contribution in [0, 0.1) is 5.92 Å². The van der Waals surface area contributed by atoms with Gasteiger partial charge in [0.05, 0.1) is 0 Å². The van der Waals surface area contributed by atoms with Crippen molar-refractivity contribution in [3.8, 4) is 0 Å². The molecule has 1 fully saturated rings. The Morgan fingerprint density at radius 2 is 1.96 bits per heavy atom. The highest BCUT2D eigenvalue weighted by molar-refractivity contribution is 14.0. The Morgan fingerprint density at radius 3 is 2.70 bits per heavy atom. The van der Waals surface area contributed by atoms with Crippen molar-refractivity contribution in [2.75, 3.05) is 19.6 Å². The summed E-state index contributed by atoms with van der Waals surface area (Å²) in [5.74, 6) is 1.91. The highest BCUT2D eigenvalue weighted by Crippen LogP contribution is 2.28. The molecule has 1 saturated carbocycles. The molecule has 1 aromatic heterocycles. The Morgan fingerprint density at radius 1 is 1.15 bits per heavy atom. The van der Waals surface area contributed by atoms with E-state index in [0.29, 0.717) is 0 Å². The van der Waals surface area contributed by atoms with Crippen LogP contribution in [0.4, 0.5) is 0 Å². The highest BCUT2D eigenvalue weighted by atomic mass is 127. The molecule has 1 aliphatic carbocycles. The van der Waals surface area contributed by atoms with Crippen LogP contribution in [-0.2, 0) is 6.54 Å². The van der Waals surface area contributed by atoms with E-state index in [1.807, 2.05) is 12.3 Å². The molecule has 1 aromatic rings. The predicted octanol–water partition coefficient (Wildman–Crippen LogP) is 4.16. The summed E-state index contributed by atoms with van der Waals surface area (Å²) in [5.41, 5.74) is 0.0768. The van der Waals surface area contributed by atoms with E-state index in [1.54, 1.807) is 16.7 Å². The van der Waals surface area contributed by atoms with Gasteiger partial charge in [0.25, 0.3) is 0 Å². The fraction of sp³-hybridized carbons (Fsp3) is 0.714. The van der Waals surface area contributed by atoms with Crippen molar-refractivity contribution in [1.29, 1.82) is 0 Å². The summed E-state index contributed by atoms with van der Waals surface area (Å²) in [6.07, 6.45) is 13.5. The molecule has 0 spiro atoms. The zero-order valence-electron chi connectivity index (χ0n) is 16.8. The normalized spacial score (nSPS) is 14.8. The van der Waals surface area contributed by atoms with Crippen LogP contribution >= 0.6 is 24.0 Å². The highest BCUT2D eigenvalue weighted by Gasteiger charge is 2.13. The second-order valence-corrected chi connectivity index (χ2v) is 7.27. The van der Waals surface area contributed by atoms with Crippen LogP contribution in [-0.4, -0.2) is 30.2 Å². The first-order valence-corrected chi connectivity index (χ1v) is 10.5. The molecule has 154 valence electrons. The van der Waals surface area contributed by atoms with Gasteiger partial charge >= 0.3 is 0 Å². The monoisotopic (exact) mass is 488 g/mol. The minimum atomic E-state index is 0. The van der Waals surface area contributed by atoms with Gasteiger partial charge in [-0.05, 0) is 38.2 Å². The van der Waals surface area contributed by atoms with Crippen molar-refractivity contribution in [2.45, 2.75) is 71.3 Å². The van der Waals surface area contributed by atoms with Gasteiger partial charge in [0.1, 0.15) is 0 Å². The predicted molar refractivity (Wildman–Crippen MR) is 125 cm³/mol. The second-order valence-electron chi connectivity index (χ2n) is 7.27. The molecule has 2 rings (SSSR count). The first kappa shape index (κ1) is 24.0. The van der Waals surface area contributed by atoms with Crippen molar-refractivity contribution >= 4 is 29.9 Å². The second kappa shape index (κ2) is 14.9. The van der Waals surface area contributed by atoms with Crippen molar-refractivity contribution in [3.63, 3.8) is 0 Å². The number of aryl methyl sites for hydroxylation is 1. The third kappa shape index (κ3) is 10.2. The van der Waals surface area contributed by atoms with E-state index in [1.165, 1.54) is 44.9 Å². The number of guanidine groups is 1. The summed E-state index contributed by atoms with van der Waals surface area (Å²) < 4.78 is 1.77. The Balaban J connectivity index is 0.00000364. The van der Waals surface area contributed by atoms with E-state index in [-0.39, 0.29) is 29.5 Å². The minimum absolute atomic E-state index is 0. The molecular weight excluding hydrogens is 451 g/mol. The maximum atomic E-state index is 11.7. The fourth-order valence-corrected chi connectivity index (χ4v) is 3.64. The van der Waals surface area contributed by atoms with Crippen molar-refractivity contribution in [3.05, 3.63) is 34.7 Å². The lowest BCUT2D eigenvalue weighted by Crippen LogP contribution is -2.38. The molecule has 0 atom stereocenters. The molecular formula is C21H37IN4O. The maximum Gasteiger partial charge on any atom is 0.250 e. The van der Waals surface area contributed by atoms with Gasteiger partial charge in [-0.15, -0.1) is 24.0 Å². The topological polar surface area (TPSA) is 58.4 Å². The van der Waals surface area contributed by atoms with Gasteiger partial charge < -0.3 is 15.2 Å². The molecule has 2 N–H and O–H groups in total. The molecule has 0 aromatic carbocycles. The van der Waals surface area contributed by atoms with Crippen LogP contribution in [0.3, 0.4) is 0 Å². The standard InChI is InChI=1S/C21H36N4O.HI/c1-2-22-21(23-15-7-5-13-19-11-3-4-12-19)24-16-8-10-18-25-17-9-6-14-20(25)26;/h6,9,14,17,19H,2-5,7-8,10-13,15-16,18H2,1H3,(H2,22,23,24);1H. The molecule has 1 aliphatic rings. The first-order chi connectivity index (χ1) is 12.8. The number of aliphatic imine (C=N–C) groups is 1. The van der Waals surface area contributed by atoms with Crippen LogP contribution in [0.25, 0.3) is 0 Å². The zero-order chi connectivity index (χ0) is 18.5. The Kier molecular flexibility index (Phi) is 13.3. The number of unbranched alkanes of at least 4 members (excludes halogenated alkanes) is 2. The van der Waals surface area contributed by atoms with E-state index in [2.05, 4.69) is 22.5 Å². The zero-order valence-corrected chi connectivity index (χ0v) is 19.1. The molecule has 0 aliphatic heterocycles. The van der Waals surface area contributed by atoms with Crippen LogP contribution < -0.4 is 16.2 Å². The molecule has 5 nitrogen and oxygen atoms in total. The van der Waals surface area contributed by atoms with Gasteiger partial charge in [-0.2, -0.15) is 0 Å². The molecule has 0 bridgehead atoms. The number of nitrogens with one attached hydrogen (secondary N) is 2. The quantitative estimate of drug-likeness (QED) is 0.213. The molecule has 0 radical (unpaired) electrons. The number of aromatic nitrogens is 1. The van der Waals surface area contributed by atoms with Crippen LogP contribution in [0.5, 0.6) is 0 Å². The maximum absolute atomic E-state index is 11.7. The third-order valence-corrected chi connectivity index (χ3v) is 5.13. The number of nitrogens with zero attached hydrogens (tertiary/aromatic N) is 2. The number of hydrogen-bond acceptors (Lipinski definition) is 2. The van der Waals surface area contributed by atoms with Crippen LogP contribution in [0.15, 0.2) is 34.2 Å². The van der Waals surface area contributed by atoms with Crippen molar-refractivity contribution in [1.82, 2.24) is 15.2 Å². The molecule has 27 heavy (non-hydrogen) atoms. The van der Waals surface area contributed by atoms with Crippen molar-refractivity contribution in [2.24, 2.45) is 10.9 Å². The molecule has 0 unspecified atom stereocenters. The van der Waals surface area contributed by atoms with Gasteiger partial charge in [0.15, 0.2) is 5.96 Å². The Labute approximate surface area is 181 Å². The number of hydrogen-bond donors (Lipinski definition) is 2. The van der Waals surface area contributed by atoms with E-state index in [4.69, 9.17) is 0 Å². The summed E-state index contributed by atoms with van der Waals surface area (Å²) in [7, 11) is 0. The molecule has 6 heteroatoms. The first-order valence-electron chi connectivity index (χ1n) is 10.5. The number of rotatable bonds is 11. The van der Waals surface area contributed by atoms with E-state index < -0.39 is 0 Å². The summed E-state index contributed by atoms with van der Waals surface area (Å²) in [6, 6.07) is 5.30. The Bertz CT molecular complexity index is 582. The van der Waals surface area contributed by atoms with E-state index >= 15 is 0 Å². The number of pyridine rings is 1. The van der Waals surface area contributed by atoms with Gasteiger partial charge in [0.2, 0.25) is 5.56 Å².